The van der Waals surface area contributed by atoms with Gasteiger partial charge in [0.05, 0.1) is 9.77 Å². The topological polar surface area (TPSA) is 118 Å². The molecule has 4 heterocycles. The van der Waals surface area contributed by atoms with E-state index in [1.807, 2.05) is 19.1 Å². The highest BCUT2D eigenvalue weighted by Crippen LogP contribution is 2.38. The number of hydrogen-bond donors (Lipinski definition) is 1. The molecular weight excluding hydrogens is 474 g/mol. The first-order valence-electron chi connectivity index (χ1n) is 11.5. The van der Waals surface area contributed by atoms with Gasteiger partial charge in [-0.1, -0.05) is 17.6 Å². The lowest BCUT2D eigenvalue weighted by atomic mass is 9.85. The Kier molecular flexibility index (Phi) is 6.26. The molecule has 3 aromatic heterocycles. The van der Waals surface area contributed by atoms with Crippen LogP contribution in [-0.4, -0.2) is 46.8 Å². The number of piperidine rings is 1. The van der Waals surface area contributed by atoms with E-state index >= 15 is 0 Å². The van der Waals surface area contributed by atoms with Crippen molar-refractivity contribution < 1.29 is 17.7 Å². The van der Waals surface area contributed by atoms with Gasteiger partial charge < -0.3 is 9.84 Å². The lowest BCUT2D eigenvalue weighted by Gasteiger charge is -2.30. The second-order valence-electron chi connectivity index (χ2n) is 8.95. The molecule has 1 N–H and O–H groups in total. The van der Waals surface area contributed by atoms with E-state index in [-0.39, 0.29) is 16.7 Å². The summed E-state index contributed by atoms with van der Waals surface area (Å²) in [4.78, 5) is 23.0. The van der Waals surface area contributed by atoms with Crippen molar-refractivity contribution >= 4 is 33.1 Å². The molecule has 2 aliphatic rings. The molecule has 3 aromatic rings. The highest BCUT2D eigenvalue weighted by molar-refractivity contribution is 7.89. The number of aromatic nitrogens is 3. The van der Waals surface area contributed by atoms with E-state index in [0.29, 0.717) is 59.1 Å². The first-order chi connectivity index (χ1) is 16.3. The van der Waals surface area contributed by atoms with Crippen LogP contribution in [0.4, 0.5) is 5.82 Å². The van der Waals surface area contributed by atoms with Crippen LogP contribution in [0.15, 0.2) is 33.8 Å². The molecule has 1 aliphatic carbocycles. The molecule has 1 amide bonds. The van der Waals surface area contributed by atoms with Crippen LogP contribution >= 0.6 is 11.3 Å². The number of aryl methyl sites for hydroxylation is 2. The molecule has 34 heavy (non-hydrogen) atoms. The minimum Gasteiger partial charge on any atom is -0.339 e. The molecule has 0 radical (unpaired) electrons. The zero-order valence-corrected chi connectivity index (χ0v) is 20.8. The quantitative estimate of drug-likeness (QED) is 0.540. The van der Waals surface area contributed by atoms with Gasteiger partial charge in [-0.2, -0.15) is 9.29 Å². The van der Waals surface area contributed by atoms with Gasteiger partial charge in [0.2, 0.25) is 27.6 Å². The maximum absolute atomic E-state index is 13.4. The molecule has 1 saturated heterocycles. The molecule has 0 unspecified atom stereocenters. The summed E-state index contributed by atoms with van der Waals surface area (Å²) in [6, 6.07) is 5.35. The Morgan fingerprint density at radius 3 is 2.65 bits per heavy atom. The second-order valence-corrected chi connectivity index (χ2v) is 12.1. The molecule has 0 aromatic carbocycles. The van der Waals surface area contributed by atoms with Gasteiger partial charge in [-0.05, 0) is 57.2 Å². The highest BCUT2D eigenvalue weighted by atomic mass is 32.2. The smallest absolute Gasteiger partial charge is 0.244 e. The zero-order chi connectivity index (χ0) is 23.9. The third-order valence-corrected chi connectivity index (χ3v) is 9.88. The summed E-state index contributed by atoms with van der Waals surface area (Å²) >= 11 is 1.36. The molecule has 1 aliphatic heterocycles. The van der Waals surface area contributed by atoms with Crippen molar-refractivity contribution in [2.45, 2.75) is 56.8 Å². The number of rotatable bonds is 6. The van der Waals surface area contributed by atoms with Crippen LogP contribution in [0.5, 0.6) is 0 Å². The van der Waals surface area contributed by atoms with E-state index < -0.39 is 10.0 Å². The van der Waals surface area contributed by atoms with Crippen LogP contribution < -0.4 is 5.32 Å². The number of thiophene rings is 1. The van der Waals surface area contributed by atoms with Gasteiger partial charge in [0.15, 0.2) is 0 Å². The summed E-state index contributed by atoms with van der Waals surface area (Å²) in [5, 5.41) is 6.95. The lowest BCUT2D eigenvalue weighted by molar-refractivity contribution is -0.120. The third-order valence-electron chi connectivity index (χ3n) is 6.68. The summed E-state index contributed by atoms with van der Waals surface area (Å²) in [5.41, 5.74) is 0.890. The molecule has 0 spiro atoms. The summed E-state index contributed by atoms with van der Waals surface area (Å²) in [6.07, 6.45) is 5.84. The Balaban J connectivity index is 1.25. The fraction of sp³-hybridized carbons (Fsp3) is 0.478. The Bertz CT molecular complexity index is 1300. The number of carbonyl (C=O) groups is 1. The van der Waals surface area contributed by atoms with Crippen molar-refractivity contribution in [2.75, 3.05) is 18.4 Å². The molecule has 0 atom stereocenters. The summed E-state index contributed by atoms with van der Waals surface area (Å²) in [7, 11) is -3.68. The Labute approximate surface area is 202 Å². The number of nitrogens with zero attached hydrogens (tertiary/aromatic N) is 4. The minimum absolute atomic E-state index is 0.118. The maximum atomic E-state index is 13.4. The van der Waals surface area contributed by atoms with Crippen molar-refractivity contribution in [3.63, 3.8) is 0 Å². The molecule has 11 heteroatoms. The highest BCUT2D eigenvalue weighted by Gasteiger charge is 2.34. The van der Waals surface area contributed by atoms with Crippen molar-refractivity contribution in [2.24, 2.45) is 5.92 Å². The monoisotopic (exact) mass is 501 g/mol. The van der Waals surface area contributed by atoms with E-state index in [9.17, 15) is 13.2 Å². The van der Waals surface area contributed by atoms with E-state index in [2.05, 4.69) is 20.4 Å². The van der Waals surface area contributed by atoms with Gasteiger partial charge in [0.1, 0.15) is 5.82 Å². The summed E-state index contributed by atoms with van der Waals surface area (Å²) in [6.45, 7) is 4.27. The average Bonchev–Trinajstić information content (AvgIpc) is 3.41. The Morgan fingerprint density at radius 1 is 1.21 bits per heavy atom. The number of pyridine rings is 1. The zero-order valence-electron chi connectivity index (χ0n) is 19.2. The van der Waals surface area contributed by atoms with Crippen molar-refractivity contribution in [3.8, 4) is 10.7 Å². The molecule has 1 saturated carbocycles. The standard InChI is InChI=1S/C23H27N5O4S2/c1-14-5-4-10-24-20(14)25-22(29)16-8-11-28(12-9-16)34(30,31)19-13-18(33-15(19)2)21-26-23(32-27-21)17-6-3-7-17/h4-5,10,13,16-17H,3,6-9,11-12H2,1-2H3,(H,24,25,29). The largest absolute Gasteiger partial charge is 0.339 e. The molecular formula is C23H27N5O4S2. The summed E-state index contributed by atoms with van der Waals surface area (Å²) < 4.78 is 33.7. The SMILES string of the molecule is Cc1cccnc1NC(=O)C1CCN(S(=O)(=O)c2cc(-c3noc(C4CCC4)n3)sc2C)CC1. The van der Waals surface area contributed by atoms with Gasteiger partial charge in [0.25, 0.3) is 0 Å². The lowest BCUT2D eigenvalue weighted by Crippen LogP contribution is -2.41. The van der Waals surface area contributed by atoms with Gasteiger partial charge in [-0.25, -0.2) is 13.4 Å². The van der Waals surface area contributed by atoms with Gasteiger partial charge in [-0.15, -0.1) is 11.3 Å². The van der Waals surface area contributed by atoms with E-state index in [0.717, 1.165) is 18.4 Å². The number of carbonyl (C=O) groups excluding carboxylic acids is 1. The van der Waals surface area contributed by atoms with Crippen LogP contribution in [0, 0.1) is 19.8 Å². The Hall–Kier alpha value is -2.63. The van der Waals surface area contributed by atoms with Gasteiger partial charge >= 0.3 is 0 Å². The van der Waals surface area contributed by atoms with Crippen LogP contribution in [0.1, 0.15) is 54.4 Å². The van der Waals surface area contributed by atoms with Crippen LogP contribution in [0.2, 0.25) is 0 Å². The molecule has 5 rings (SSSR count). The van der Waals surface area contributed by atoms with Crippen LogP contribution in [-0.2, 0) is 14.8 Å². The predicted octanol–water partition coefficient (Wildman–Crippen LogP) is 4.12. The first-order valence-corrected chi connectivity index (χ1v) is 13.8. The molecule has 2 fully saturated rings. The fourth-order valence-corrected chi connectivity index (χ4v) is 7.28. The number of sulfonamides is 1. The third kappa shape index (κ3) is 4.39. The van der Waals surface area contributed by atoms with Crippen molar-refractivity contribution in [1.29, 1.82) is 0 Å². The predicted molar refractivity (Wildman–Crippen MR) is 128 cm³/mol. The molecule has 0 bridgehead atoms. The van der Waals surface area contributed by atoms with Gasteiger partial charge in [0, 0.05) is 36.0 Å². The maximum Gasteiger partial charge on any atom is 0.244 e. The Morgan fingerprint density at radius 2 is 1.97 bits per heavy atom. The van der Waals surface area contributed by atoms with E-state index in [1.54, 1.807) is 19.2 Å². The van der Waals surface area contributed by atoms with Crippen LogP contribution in [0.3, 0.4) is 0 Å². The fourth-order valence-electron chi connectivity index (χ4n) is 4.32. The minimum atomic E-state index is -3.68. The average molecular weight is 502 g/mol. The number of amides is 1. The number of anilines is 1. The summed E-state index contributed by atoms with van der Waals surface area (Å²) in [5.74, 6) is 1.58. The van der Waals surface area contributed by atoms with Crippen LogP contribution in [0.25, 0.3) is 10.7 Å². The van der Waals surface area contributed by atoms with Crippen molar-refractivity contribution in [3.05, 3.63) is 40.7 Å². The van der Waals surface area contributed by atoms with Crippen molar-refractivity contribution in [1.82, 2.24) is 19.4 Å². The van der Waals surface area contributed by atoms with E-state index in [4.69, 9.17) is 4.52 Å². The second kappa shape index (κ2) is 9.20. The normalized spacial score (nSPS) is 18.1. The van der Waals surface area contributed by atoms with Gasteiger partial charge in [-0.3, -0.25) is 4.79 Å². The first kappa shape index (κ1) is 23.1. The molecule has 180 valence electrons. The number of hydrogen-bond acceptors (Lipinski definition) is 8. The number of nitrogens with one attached hydrogen (secondary N) is 1. The molecule has 9 nitrogen and oxygen atoms in total. The van der Waals surface area contributed by atoms with E-state index in [1.165, 1.54) is 22.1 Å².